The summed E-state index contributed by atoms with van der Waals surface area (Å²) in [6, 6.07) is 0. The van der Waals surface area contributed by atoms with Crippen LogP contribution < -0.4 is 0 Å². The van der Waals surface area contributed by atoms with Gasteiger partial charge in [0.05, 0.1) is 6.61 Å². The molecule has 0 fully saturated rings. The van der Waals surface area contributed by atoms with Crippen LogP contribution in [-0.2, 0) is 23.8 Å². The Bertz CT molecular complexity index is 1390. The monoisotopic (exact) mass is 941 g/mol. The number of hydrogen-bond donors (Lipinski definition) is 0. The summed E-state index contributed by atoms with van der Waals surface area (Å²) in [5, 5.41) is 0. The summed E-state index contributed by atoms with van der Waals surface area (Å²) in [4.78, 5) is 25.5. The SMILES string of the molecule is CC/C=C\C/C=C\C/C=C\C/C=C\C/C=C\CCCCCC(=O)OCC(COCCCCCCCC/C=C\C/C=C\CCCCC)OC(=O)CCCCCCCCC/C=C\C/C=C\C/C=C\CC. The average molecular weight is 942 g/mol. The maximum absolute atomic E-state index is 12.9. The topological polar surface area (TPSA) is 61.8 Å². The highest BCUT2D eigenvalue weighted by atomic mass is 16.6. The molecule has 0 bridgehead atoms. The number of hydrogen-bond acceptors (Lipinski definition) is 5. The standard InChI is InChI=1S/C63H104O5/c1-4-7-10-13-16-19-22-25-28-31-32-34-35-38-41-44-47-50-53-56-62(64)67-60-61(59-66-58-55-52-49-46-43-40-37-30-27-24-21-18-15-12-9-6-3)68-63(65)57-54-51-48-45-42-39-36-33-29-26-23-20-17-14-11-8-5-2/h7-8,10-11,16-21,25-30,32,34,38,41,61H,4-6,9,12-15,22-24,31,33,35-37,39-40,42-60H2,1-3H3/b10-7-,11-8-,19-16-,20-17-,21-18-,28-25-,29-26-,30-27-,34-32-,41-38-. The summed E-state index contributed by atoms with van der Waals surface area (Å²) < 4.78 is 17.4. The van der Waals surface area contributed by atoms with Crippen molar-refractivity contribution in [3.05, 3.63) is 122 Å². The fraction of sp³-hybridized carbons (Fsp3) is 0.651. The third-order valence-electron chi connectivity index (χ3n) is 11.5. The summed E-state index contributed by atoms with van der Waals surface area (Å²) in [5.74, 6) is -0.456. The first-order valence-corrected chi connectivity index (χ1v) is 28.1. The van der Waals surface area contributed by atoms with Crippen molar-refractivity contribution in [2.45, 2.75) is 245 Å². The molecule has 0 aromatic carbocycles. The molecular weight excluding hydrogens is 837 g/mol. The minimum Gasteiger partial charge on any atom is -0.462 e. The molecule has 0 N–H and O–H groups in total. The summed E-state index contributed by atoms with van der Waals surface area (Å²) >= 11 is 0. The van der Waals surface area contributed by atoms with Crippen LogP contribution in [0.25, 0.3) is 0 Å². The van der Waals surface area contributed by atoms with Gasteiger partial charge in [0.2, 0.25) is 0 Å². The van der Waals surface area contributed by atoms with Crippen molar-refractivity contribution >= 4 is 11.9 Å². The van der Waals surface area contributed by atoms with E-state index in [2.05, 4.69) is 142 Å². The van der Waals surface area contributed by atoms with Crippen molar-refractivity contribution in [2.24, 2.45) is 0 Å². The van der Waals surface area contributed by atoms with Gasteiger partial charge >= 0.3 is 11.9 Å². The normalized spacial score (nSPS) is 13.2. The fourth-order valence-corrected chi connectivity index (χ4v) is 7.34. The molecule has 0 radical (unpaired) electrons. The van der Waals surface area contributed by atoms with Gasteiger partial charge in [-0.25, -0.2) is 0 Å². The van der Waals surface area contributed by atoms with Gasteiger partial charge in [0.25, 0.3) is 0 Å². The van der Waals surface area contributed by atoms with E-state index in [9.17, 15) is 9.59 Å². The number of rotatable bonds is 50. The Morgan fingerprint density at radius 2 is 0.662 bits per heavy atom. The Kier molecular flexibility index (Phi) is 54.5. The Labute approximate surface area is 420 Å². The van der Waals surface area contributed by atoms with Crippen LogP contribution in [0.1, 0.15) is 239 Å². The van der Waals surface area contributed by atoms with E-state index in [0.717, 1.165) is 122 Å². The highest BCUT2D eigenvalue weighted by Crippen LogP contribution is 2.13. The number of ether oxygens (including phenoxy) is 3. The smallest absolute Gasteiger partial charge is 0.306 e. The van der Waals surface area contributed by atoms with Gasteiger partial charge in [-0.15, -0.1) is 0 Å². The van der Waals surface area contributed by atoms with E-state index in [0.29, 0.717) is 19.4 Å². The molecule has 0 rings (SSSR count). The summed E-state index contributed by atoms with van der Waals surface area (Å²) in [6.07, 6.45) is 80.7. The Balaban J connectivity index is 4.40. The molecule has 0 aromatic rings. The maximum Gasteiger partial charge on any atom is 0.306 e. The summed E-state index contributed by atoms with van der Waals surface area (Å²) in [5.41, 5.74) is 0. The lowest BCUT2D eigenvalue weighted by molar-refractivity contribution is -0.163. The van der Waals surface area contributed by atoms with Crippen molar-refractivity contribution in [2.75, 3.05) is 19.8 Å². The van der Waals surface area contributed by atoms with Gasteiger partial charge in [-0.3, -0.25) is 9.59 Å². The lowest BCUT2D eigenvalue weighted by atomic mass is 10.1. The largest absolute Gasteiger partial charge is 0.462 e. The Hall–Kier alpha value is -3.70. The van der Waals surface area contributed by atoms with E-state index in [-0.39, 0.29) is 25.2 Å². The van der Waals surface area contributed by atoms with Crippen molar-refractivity contribution < 1.29 is 23.8 Å². The molecule has 1 atom stereocenters. The predicted octanol–water partition coefficient (Wildman–Crippen LogP) is 19.3. The number of carbonyl (C=O) groups is 2. The van der Waals surface area contributed by atoms with Gasteiger partial charge in [0, 0.05) is 19.4 Å². The van der Waals surface area contributed by atoms with E-state index in [1.54, 1.807) is 0 Å². The van der Waals surface area contributed by atoms with Crippen LogP contribution in [0.4, 0.5) is 0 Å². The van der Waals surface area contributed by atoms with E-state index in [4.69, 9.17) is 14.2 Å². The lowest BCUT2D eigenvalue weighted by Gasteiger charge is -2.18. The van der Waals surface area contributed by atoms with Gasteiger partial charge < -0.3 is 14.2 Å². The molecule has 386 valence electrons. The van der Waals surface area contributed by atoms with E-state index < -0.39 is 6.10 Å². The quantitative estimate of drug-likeness (QED) is 0.0345. The summed E-state index contributed by atoms with van der Waals surface area (Å²) in [6.45, 7) is 7.51. The Morgan fingerprint density at radius 1 is 0.338 bits per heavy atom. The second kappa shape index (κ2) is 57.6. The number of esters is 2. The molecule has 0 amide bonds. The fourth-order valence-electron chi connectivity index (χ4n) is 7.34. The van der Waals surface area contributed by atoms with Crippen LogP contribution in [0.15, 0.2) is 122 Å². The highest BCUT2D eigenvalue weighted by molar-refractivity contribution is 5.70. The summed E-state index contributed by atoms with van der Waals surface area (Å²) in [7, 11) is 0. The van der Waals surface area contributed by atoms with Crippen LogP contribution in [0, 0.1) is 0 Å². The zero-order chi connectivity index (χ0) is 49.2. The third-order valence-corrected chi connectivity index (χ3v) is 11.5. The maximum atomic E-state index is 12.9. The molecule has 0 aliphatic heterocycles. The molecular formula is C63H104O5. The van der Waals surface area contributed by atoms with Gasteiger partial charge in [-0.05, 0) is 128 Å². The minimum atomic E-state index is -0.570. The van der Waals surface area contributed by atoms with Crippen molar-refractivity contribution in [1.82, 2.24) is 0 Å². The first-order chi connectivity index (χ1) is 33.6. The first kappa shape index (κ1) is 64.3. The molecule has 0 saturated heterocycles. The van der Waals surface area contributed by atoms with Crippen LogP contribution in [0.2, 0.25) is 0 Å². The Morgan fingerprint density at radius 3 is 1.07 bits per heavy atom. The van der Waals surface area contributed by atoms with Crippen LogP contribution in [0.5, 0.6) is 0 Å². The highest BCUT2D eigenvalue weighted by Gasteiger charge is 2.17. The second-order valence-electron chi connectivity index (χ2n) is 18.1. The zero-order valence-corrected chi connectivity index (χ0v) is 44.3. The molecule has 0 aromatic heterocycles. The van der Waals surface area contributed by atoms with Gasteiger partial charge in [-0.1, -0.05) is 219 Å². The van der Waals surface area contributed by atoms with Crippen LogP contribution >= 0.6 is 0 Å². The van der Waals surface area contributed by atoms with E-state index in [1.807, 2.05) is 0 Å². The van der Waals surface area contributed by atoms with Crippen molar-refractivity contribution in [1.29, 1.82) is 0 Å². The molecule has 5 nitrogen and oxygen atoms in total. The molecule has 0 spiro atoms. The molecule has 68 heavy (non-hydrogen) atoms. The molecule has 0 aliphatic carbocycles. The molecule has 1 unspecified atom stereocenters. The lowest BCUT2D eigenvalue weighted by Crippen LogP contribution is -2.30. The molecule has 5 heteroatoms. The minimum absolute atomic E-state index is 0.0524. The number of carbonyl (C=O) groups excluding carboxylic acids is 2. The van der Waals surface area contributed by atoms with Crippen LogP contribution in [0.3, 0.4) is 0 Å². The average Bonchev–Trinajstić information content (AvgIpc) is 3.34. The van der Waals surface area contributed by atoms with E-state index >= 15 is 0 Å². The second-order valence-corrected chi connectivity index (χ2v) is 18.1. The van der Waals surface area contributed by atoms with Gasteiger partial charge in [0.1, 0.15) is 6.61 Å². The van der Waals surface area contributed by atoms with Crippen LogP contribution in [-0.4, -0.2) is 37.9 Å². The van der Waals surface area contributed by atoms with Gasteiger partial charge in [-0.2, -0.15) is 0 Å². The first-order valence-electron chi connectivity index (χ1n) is 28.1. The van der Waals surface area contributed by atoms with Crippen molar-refractivity contribution in [3.8, 4) is 0 Å². The van der Waals surface area contributed by atoms with Gasteiger partial charge in [0.15, 0.2) is 6.10 Å². The van der Waals surface area contributed by atoms with E-state index in [1.165, 1.54) is 83.5 Å². The molecule has 0 heterocycles. The molecule has 0 saturated carbocycles. The zero-order valence-electron chi connectivity index (χ0n) is 44.3. The van der Waals surface area contributed by atoms with Crippen molar-refractivity contribution in [3.63, 3.8) is 0 Å². The number of allylic oxidation sites excluding steroid dienone is 20. The third kappa shape index (κ3) is 54.9. The molecule has 0 aliphatic rings. The predicted molar refractivity (Wildman–Crippen MR) is 297 cm³/mol. The number of unbranched alkanes of at least 4 members (excludes halogenated alkanes) is 19.